The van der Waals surface area contributed by atoms with Gasteiger partial charge in [-0.3, -0.25) is 0 Å². The number of benzene rings is 2. The number of anilines is 1. The quantitative estimate of drug-likeness (QED) is 0.688. The predicted molar refractivity (Wildman–Crippen MR) is 72.9 cm³/mol. The SMILES string of the molecule is COc1cccc(COC(=O)c2ccc(F)c(N)c2)c1. The lowest BCUT2D eigenvalue weighted by molar-refractivity contribution is 0.0472. The van der Waals surface area contributed by atoms with E-state index in [1.165, 1.54) is 12.1 Å². The van der Waals surface area contributed by atoms with Crippen LogP contribution in [0.1, 0.15) is 15.9 Å². The van der Waals surface area contributed by atoms with Crippen molar-refractivity contribution in [3.8, 4) is 5.75 Å². The van der Waals surface area contributed by atoms with Crippen molar-refractivity contribution >= 4 is 11.7 Å². The Bertz CT molecular complexity index is 628. The molecule has 0 unspecified atom stereocenters. The topological polar surface area (TPSA) is 61.5 Å². The molecule has 0 aliphatic rings. The Morgan fingerprint density at radius 3 is 2.75 bits per heavy atom. The molecule has 0 heterocycles. The van der Waals surface area contributed by atoms with Crippen LogP contribution in [0.25, 0.3) is 0 Å². The summed E-state index contributed by atoms with van der Waals surface area (Å²) in [5, 5.41) is 0. The third-order valence-corrected chi connectivity index (χ3v) is 2.74. The second kappa shape index (κ2) is 6.06. The van der Waals surface area contributed by atoms with Gasteiger partial charge in [0.1, 0.15) is 18.2 Å². The smallest absolute Gasteiger partial charge is 0.338 e. The maximum atomic E-state index is 13.0. The van der Waals surface area contributed by atoms with Crippen LogP contribution in [-0.4, -0.2) is 13.1 Å². The van der Waals surface area contributed by atoms with Crippen LogP contribution in [0, 0.1) is 5.82 Å². The highest BCUT2D eigenvalue weighted by molar-refractivity contribution is 5.90. The molecule has 0 amide bonds. The lowest BCUT2D eigenvalue weighted by Crippen LogP contribution is -2.06. The van der Waals surface area contributed by atoms with Crippen LogP contribution >= 0.6 is 0 Å². The molecule has 0 saturated heterocycles. The van der Waals surface area contributed by atoms with Crippen LogP contribution in [-0.2, 0) is 11.3 Å². The molecule has 0 atom stereocenters. The molecule has 2 N–H and O–H groups in total. The van der Waals surface area contributed by atoms with Crippen molar-refractivity contribution in [3.63, 3.8) is 0 Å². The molecule has 0 aromatic heterocycles. The monoisotopic (exact) mass is 275 g/mol. The second-order valence-electron chi connectivity index (χ2n) is 4.16. The molecule has 0 fully saturated rings. The minimum absolute atomic E-state index is 0.0826. The molecule has 0 aliphatic carbocycles. The average molecular weight is 275 g/mol. The molecule has 0 radical (unpaired) electrons. The van der Waals surface area contributed by atoms with Gasteiger partial charge in [0.2, 0.25) is 0 Å². The normalized spacial score (nSPS) is 10.1. The molecule has 0 saturated carbocycles. The number of carbonyl (C=O) groups is 1. The molecular weight excluding hydrogens is 261 g/mol. The highest BCUT2D eigenvalue weighted by Gasteiger charge is 2.10. The van der Waals surface area contributed by atoms with E-state index in [0.29, 0.717) is 5.75 Å². The van der Waals surface area contributed by atoms with E-state index in [1.807, 2.05) is 6.07 Å². The van der Waals surface area contributed by atoms with Crippen LogP contribution in [0.4, 0.5) is 10.1 Å². The number of carbonyl (C=O) groups excluding carboxylic acids is 1. The van der Waals surface area contributed by atoms with E-state index in [1.54, 1.807) is 25.3 Å². The Kier molecular flexibility index (Phi) is 4.20. The molecular formula is C15H14FNO3. The number of nitrogens with two attached hydrogens (primary N) is 1. The van der Waals surface area contributed by atoms with Crippen molar-refractivity contribution in [1.29, 1.82) is 0 Å². The molecule has 2 aromatic rings. The van der Waals surface area contributed by atoms with Crippen molar-refractivity contribution in [3.05, 3.63) is 59.4 Å². The Morgan fingerprint density at radius 1 is 1.25 bits per heavy atom. The summed E-state index contributed by atoms with van der Waals surface area (Å²) in [6.07, 6.45) is 0. The van der Waals surface area contributed by atoms with Crippen LogP contribution < -0.4 is 10.5 Å². The summed E-state index contributed by atoms with van der Waals surface area (Å²) in [5.41, 5.74) is 6.34. The van der Waals surface area contributed by atoms with Gasteiger partial charge < -0.3 is 15.2 Å². The first-order valence-corrected chi connectivity index (χ1v) is 5.95. The summed E-state index contributed by atoms with van der Waals surface area (Å²) < 4.78 is 23.2. The van der Waals surface area contributed by atoms with E-state index in [0.717, 1.165) is 11.6 Å². The van der Waals surface area contributed by atoms with E-state index in [2.05, 4.69) is 0 Å². The molecule has 4 nitrogen and oxygen atoms in total. The van der Waals surface area contributed by atoms with Crippen LogP contribution in [0.2, 0.25) is 0 Å². The zero-order valence-corrected chi connectivity index (χ0v) is 10.9. The summed E-state index contributed by atoms with van der Waals surface area (Å²) in [6.45, 7) is 0.104. The first-order valence-electron chi connectivity index (χ1n) is 5.95. The minimum atomic E-state index is -0.561. The molecule has 0 aliphatic heterocycles. The van der Waals surface area contributed by atoms with Crippen molar-refractivity contribution in [1.82, 2.24) is 0 Å². The lowest BCUT2D eigenvalue weighted by Gasteiger charge is -2.07. The van der Waals surface area contributed by atoms with Crippen LogP contribution in [0.5, 0.6) is 5.75 Å². The lowest BCUT2D eigenvalue weighted by atomic mass is 10.2. The van der Waals surface area contributed by atoms with Crippen LogP contribution in [0.15, 0.2) is 42.5 Å². The Morgan fingerprint density at radius 2 is 2.05 bits per heavy atom. The molecule has 2 aromatic carbocycles. The van der Waals surface area contributed by atoms with Gasteiger partial charge in [-0.1, -0.05) is 12.1 Å². The van der Waals surface area contributed by atoms with Gasteiger partial charge in [0.05, 0.1) is 18.4 Å². The summed E-state index contributed by atoms with van der Waals surface area (Å²) in [4.78, 5) is 11.8. The second-order valence-corrected chi connectivity index (χ2v) is 4.16. The van der Waals surface area contributed by atoms with Crippen LogP contribution in [0.3, 0.4) is 0 Å². The Hall–Kier alpha value is -2.56. The number of rotatable bonds is 4. The average Bonchev–Trinajstić information content (AvgIpc) is 2.47. The number of hydrogen-bond acceptors (Lipinski definition) is 4. The number of hydrogen-bond donors (Lipinski definition) is 1. The molecule has 0 bridgehead atoms. The molecule has 5 heteroatoms. The van der Waals surface area contributed by atoms with Gasteiger partial charge in [0.25, 0.3) is 0 Å². The van der Waals surface area contributed by atoms with Gasteiger partial charge in [-0.05, 0) is 35.9 Å². The van der Waals surface area contributed by atoms with Crippen molar-refractivity contribution in [2.75, 3.05) is 12.8 Å². The van der Waals surface area contributed by atoms with Gasteiger partial charge in [-0.15, -0.1) is 0 Å². The van der Waals surface area contributed by atoms with Gasteiger partial charge in [0.15, 0.2) is 0 Å². The van der Waals surface area contributed by atoms with Crippen molar-refractivity contribution < 1.29 is 18.7 Å². The fourth-order valence-corrected chi connectivity index (χ4v) is 1.67. The van der Waals surface area contributed by atoms with E-state index < -0.39 is 11.8 Å². The fourth-order valence-electron chi connectivity index (χ4n) is 1.67. The number of nitrogen functional groups attached to an aromatic ring is 1. The minimum Gasteiger partial charge on any atom is -0.497 e. The van der Waals surface area contributed by atoms with E-state index in [-0.39, 0.29) is 17.9 Å². The summed E-state index contributed by atoms with van der Waals surface area (Å²) >= 11 is 0. The predicted octanol–water partition coefficient (Wildman–Crippen LogP) is 2.77. The first kappa shape index (κ1) is 13.9. The van der Waals surface area contributed by atoms with Gasteiger partial charge >= 0.3 is 5.97 Å². The standard InChI is InChI=1S/C15H14FNO3/c1-19-12-4-2-3-10(7-12)9-20-15(18)11-5-6-13(16)14(17)8-11/h2-8H,9,17H2,1H3. The maximum Gasteiger partial charge on any atom is 0.338 e. The zero-order valence-electron chi connectivity index (χ0n) is 10.9. The van der Waals surface area contributed by atoms with Crippen molar-refractivity contribution in [2.24, 2.45) is 0 Å². The summed E-state index contributed by atoms with van der Waals surface area (Å²) in [6, 6.07) is 10.9. The number of methoxy groups -OCH3 is 1. The van der Waals surface area contributed by atoms with Gasteiger partial charge in [-0.2, -0.15) is 0 Å². The van der Waals surface area contributed by atoms with Crippen molar-refractivity contribution in [2.45, 2.75) is 6.61 Å². The zero-order chi connectivity index (χ0) is 14.5. The number of ether oxygens (including phenoxy) is 2. The van der Waals surface area contributed by atoms with E-state index in [4.69, 9.17) is 15.2 Å². The number of halogens is 1. The highest BCUT2D eigenvalue weighted by atomic mass is 19.1. The third kappa shape index (κ3) is 3.26. The van der Waals surface area contributed by atoms with Gasteiger partial charge in [0, 0.05) is 0 Å². The summed E-state index contributed by atoms with van der Waals surface area (Å²) in [7, 11) is 1.56. The largest absolute Gasteiger partial charge is 0.497 e. The highest BCUT2D eigenvalue weighted by Crippen LogP contribution is 2.16. The van der Waals surface area contributed by atoms with E-state index in [9.17, 15) is 9.18 Å². The van der Waals surface area contributed by atoms with Gasteiger partial charge in [-0.25, -0.2) is 9.18 Å². The number of esters is 1. The third-order valence-electron chi connectivity index (χ3n) is 2.74. The Balaban J connectivity index is 2.02. The molecule has 104 valence electrons. The Labute approximate surface area is 115 Å². The van der Waals surface area contributed by atoms with E-state index >= 15 is 0 Å². The first-order chi connectivity index (χ1) is 9.60. The fraction of sp³-hybridized carbons (Fsp3) is 0.133. The molecule has 0 spiro atoms. The maximum absolute atomic E-state index is 13.0. The molecule has 20 heavy (non-hydrogen) atoms. The summed E-state index contributed by atoms with van der Waals surface area (Å²) in [5.74, 6) is -0.432. The molecule has 2 rings (SSSR count).